The number of aliphatic imine (C=N–C) groups is 1. The van der Waals surface area contributed by atoms with Crippen LogP contribution < -0.4 is 20.1 Å². The highest BCUT2D eigenvalue weighted by Gasteiger charge is 2.29. The van der Waals surface area contributed by atoms with E-state index in [2.05, 4.69) is 23.0 Å². The minimum atomic E-state index is -0.188. The molecule has 3 rings (SSSR count). The van der Waals surface area contributed by atoms with E-state index >= 15 is 0 Å². The van der Waals surface area contributed by atoms with E-state index in [1.165, 1.54) is 19.1 Å². The third-order valence-corrected chi connectivity index (χ3v) is 4.46. The highest BCUT2D eigenvalue weighted by molar-refractivity contribution is 6.21. The first-order valence-electron chi connectivity index (χ1n) is 8.38. The van der Waals surface area contributed by atoms with Crippen LogP contribution in [0, 0.1) is 23.3 Å². The average molecular weight is 374 g/mol. The van der Waals surface area contributed by atoms with Gasteiger partial charge in [0.05, 0.1) is 42.8 Å². The minimum Gasteiger partial charge on any atom is -0.493 e. The fourth-order valence-corrected chi connectivity index (χ4v) is 3.11. The lowest BCUT2D eigenvalue weighted by molar-refractivity contribution is -0.116. The van der Waals surface area contributed by atoms with Crippen LogP contribution in [0.15, 0.2) is 35.3 Å². The number of benzodiazepines with no additional fused rings is 1. The third kappa shape index (κ3) is 3.10. The molecule has 0 atom stereocenters. The molecule has 1 aliphatic rings. The molecule has 1 heterocycles. The summed E-state index contributed by atoms with van der Waals surface area (Å²) in [5.41, 5.74) is 8.85. The van der Waals surface area contributed by atoms with Crippen LogP contribution in [0.5, 0.6) is 11.5 Å². The lowest BCUT2D eigenvalue weighted by Gasteiger charge is -2.22. The molecule has 2 aromatic carbocycles. The lowest BCUT2D eigenvalue weighted by atomic mass is 9.93. The molecular formula is C21H18N4O3. The van der Waals surface area contributed by atoms with Crippen LogP contribution in [-0.4, -0.2) is 39.4 Å². The zero-order valence-electron chi connectivity index (χ0n) is 15.7. The Kier molecular flexibility index (Phi) is 5.19. The van der Waals surface area contributed by atoms with Gasteiger partial charge in [-0.05, 0) is 18.1 Å². The molecule has 1 amide bonds. The van der Waals surface area contributed by atoms with E-state index in [4.69, 9.17) is 15.2 Å². The summed E-state index contributed by atoms with van der Waals surface area (Å²) in [4.78, 5) is 18.6. The number of nitriles is 1. The second-order valence-electron chi connectivity index (χ2n) is 5.96. The van der Waals surface area contributed by atoms with Crippen molar-refractivity contribution in [2.24, 2.45) is 10.7 Å². The van der Waals surface area contributed by atoms with Gasteiger partial charge >= 0.3 is 0 Å². The highest BCUT2D eigenvalue weighted by atomic mass is 16.5. The fraction of sp³-hybridized carbons (Fsp3) is 0.190. The summed E-state index contributed by atoms with van der Waals surface area (Å²) in [5, 5.41) is 9.26. The number of ether oxygens (including phenoxy) is 2. The molecule has 28 heavy (non-hydrogen) atoms. The molecular weight excluding hydrogens is 356 g/mol. The van der Waals surface area contributed by atoms with Gasteiger partial charge in [0.25, 0.3) is 0 Å². The van der Waals surface area contributed by atoms with Crippen LogP contribution in [-0.2, 0) is 4.79 Å². The summed E-state index contributed by atoms with van der Waals surface area (Å²) in [6, 6.07) is 13.2. The van der Waals surface area contributed by atoms with Crippen molar-refractivity contribution in [2.45, 2.75) is 0 Å². The van der Waals surface area contributed by atoms with Crippen molar-refractivity contribution in [3.05, 3.63) is 52.6 Å². The fourth-order valence-electron chi connectivity index (χ4n) is 3.11. The van der Waals surface area contributed by atoms with Crippen molar-refractivity contribution in [3.63, 3.8) is 0 Å². The highest BCUT2D eigenvalue weighted by Crippen LogP contribution is 2.41. The molecule has 0 bridgehead atoms. The van der Waals surface area contributed by atoms with Crippen LogP contribution in [0.4, 0.5) is 5.69 Å². The van der Waals surface area contributed by atoms with Crippen LogP contribution in [0.25, 0.3) is 0 Å². The number of anilines is 1. The number of methoxy groups -OCH3 is 2. The molecule has 0 aliphatic carbocycles. The topological polar surface area (TPSA) is 101 Å². The maximum absolute atomic E-state index is 12.5. The number of hydrogen-bond donors (Lipinski definition) is 1. The van der Waals surface area contributed by atoms with E-state index in [0.29, 0.717) is 45.2 Å². The molecule has 0 spiro atoms. The summed E-state index contributed by atoms with van der Waals surface area (Å²) < 4.78 is 11.0. The molecule has 0 fully saturated rings. The van der Waals surface area contributed by atoms with Crippen LogP contribution in [0.2, 0.25) is 0 Å². The Hall–Kier alpha value is -3.97. The number of hydrogen-bond acceptors (Lipinski definition) is 6. The summed E-state index contributed by atoms with van der Waals surface area (Å²) in [7, 11) is 4.68. The molecule has 140 valence electrons. The van der Waals surface area contributed by atoms with E-state index in [9.17, 15) is 10.1 Å². The van der Waals surface area contributed by atoms with E-state index in [-0.39, 0.29) is 12.5 Å². The zero-order chi connectivity index (χ0) is 20.3. The van der Waals surface area contributed by atoms with E-state index in [1.54, 1.807) is 31.3 Å². The Balaban J connectivity index is 2.43. The third-order valence-electron chi connectivity index (χ3n) is 4.46. The largest absolute Gasteiger partial charge is 0.493 e. The van der Waals surface area contributed by atoms with Gasteiger partial charge in [-0.25, -0.2) is 0 Å². The second-order valence-corrected chi connectivity index (χ2v) is 5.96. The number of nitrogens with zero attached hydrogens (tertiary/aromatic N) is 3. The summed E-state index contributed by atoms with van der Waals surface area (Å²) in [5.74, 6) is 3.49. The lowest BCUT2D eigenvalue weighted by Crippen LogP contribution is -2.28. The summed E-state index contributed by atoms with van der Waals surface area (Å²) in [6.45, 7) is -0.0442. The molecule has 0 aromatic heterocycles. The summed E-state index contributed by atoms with van der Waals surface area (Å²) >= 11 is 0. The number of rotatable bonds is 3. The van der Waals surface area contributed by atoms with E-state index < -0.39 is 0 Å². The standard InChI is InChI=1S/C21H18N4O3/c1-25-16-10-17(27-2)21(28-3)15(7-8-22)19(16)20(24-12-18(25)26)14-6-4-5-13(9-14)11-23/h4-6,9-10H,12,22H2,1-3H3. The van der Waals surface area contributed by atoms with Gasteiger partial charge in [-0.15, -0.1) is 0 Å². The summed E-state index contributed by atoms with van der Waals surface area (Å²) in [6.07, 6.45) is 0. The van der Waals surface area contributed by atoms with Gasteiger partial charge in [-0.1, -0.05) is 12.1 Å². The van der Waals surface area contributed by atoms with Gasteiger partial charge in [0.1, 0.15) is 6.54 Å². The Morgan fingerprint density at radius 2 is 2.04 bits per heavy atom. The number of nitrogens with two attached hydrogens (primary N) is 1. The Morgan fingerprint density at radius 1 is 1.25 bits per heavy atom. The first kappa shape index (κ1) is 18.8. The first-order chi connectivity index (χ1) is 13.5. The van der Waals surface area contributed by atoms with Crippen molar-refractivity contribution < 1.29 is 14.3 Å². The van der Waals surface area contributed by atoms with Crippen LogP contribution in [0.3, 0.4) is 0 Å². The molecule has 0 saturated heterocycles. The molecule has 2 aromatic rings. The molecule has 0 radical (unpaired) electrons. The number of likely N-dealkylation sites (N-methyl/N-ethyl adjacent to an activating group) is 1. The van der Waals surface area contributed by atoms with Crippen LogP contribution >= 0.6 is 0 Å². The Bertz CT molecular complexity index is 1090. The predicted octanol–water partition coefficient (Wildman–Crippen LogP) is 1.66. The molecule has 7 nitrogen and oxygen atoms in total. The molecule has 0 unspecified atom stereocenters. The van der Waals surface area contributed by atoms with Gasteiger partial charge in [0.2, 0.25) is 5.91 Å². The van der Waals surface area contributed by atoms with Crippen molar-refractivity contribution >= 4 is 17.3 Å². The quantitative estimate of drug-likeness (QED) is 0.650. The number of benzene rings is 2. The molecule has 1 aliphatic heterocycles. The van der Waals surface area contributed by atoms with Crippen molar-refractivity contribution in [1.82, 2.24) is 0 Å². The average Bonchev–Trinajstić information content (AvgIpc) is 2.85. The molecule has 0 saturated carbocycles. The van der Waals surface area contributed by atoms with Crippen molar-refractivity contribution in [1.29, 1.82) is 5.26 Å². The maximum Gasteiger partial charge on any atom is 0.248 e. The number of carbonyl (C=O) groups is 1. The number of amides is 1. The monoisotopic (exact) mass is 374 g/mol. The number of fused-ring (bicyclic) bond motifs is 1. The Labute approximate surface area is 163 Å². The molecule has 7 heteroatoms. The van der Waals surface area contributed by atoms with Gasteiger partial charge in [0.15, 0.2) is 11.5 Å². The Morgan fingerprint density at radius 3 is 2.68 bits per heavy atom. The number of carbonyl (C=O) groups excluding carboxylic acids is 1. The van der Waals surface area contributed by atoms with Crippen LogP contribution in [0.1, 0.15) is 22.3 Å². The van der Waals surface area contributed by atoms with Gasteiger partial charge < -0.3 is 20.1 Å². The predicted molar refractivity (Wildman–Crippen MR) is 106 cm³/mol. The van der Waals surface area contributed by atoms with Gasteiger partial charge in [0, 0.05) is 30.3 Å². The SMILES string of the molecule is COc1cc2c(c(C#CN)c1OC)C(c1cccc(C#N)c1)=NCC(=O)N2C. The molecule has 2 N–H and O–H groups in total. The second kappa shape index (κ2) is 7.73. The zero-order valence-corrected chi connectivity index (χ0v) is 15.7. The van der Waals surface area contributed by atoms with E-state index in [0.717, 1.165) is 0 Å². The van der Waals surface area contributed by atoms with Crippen molar-refractivity contribution in [3.8, 4) is 29.5 Å². The smallest absolute Gasteiger partial charge is 0.248 e. The van der Waals surface area contributed by atoms with Crippen molar-refractivity contribution in [2.75, 3.05) is 32.7 Å². The first-order valence-corrected chi connectivity index (χ1v) is 8.38. The van der Waals surface area contributed by atoms with Gasteiger partial charge in [-0.3, -0.25) is 9.79 Å². The maximum atomic E-state index is 12.5. The van der Waals surface area contributed by atoms with Gasteiger partial charge in [-0.2, -0.15) is 5.26 Å². The normalized spacial score (nSPS) is 12.7. The minimum absolute atomic E-state index is 0.0442. The van der Waals surface area contributed by atoms with E-state index in [1.807, 2.05) is 6.07 Å².